The molecule has 0 radical (unpaired) electrons. The number of fused-ring (bicyclic) bond motifs is 2. The lowest BCUT2D eigenvalue weighted by Gasteiger charge is -2.17. The summed E-state index contributed by atoms with van der Waals surface area (Å²) in [5.74, 6) is 0.222. The number of allylic oxidation sites excluding steroid dienone is 1. The minimum absolute atomic E-state index is 0.222. The van der Waals surface area contributed by atoms with Gasteiger partial charge in [0, 0.05) is 33.9 Å². The Kier molecular flexibility index (Phi) is 4.10. The number of aromatic amines is 2. The topological polar surface area (TPSA) is 31.6 Å². The fraction of sp³-hybridized carbons (Fsp3) is 0.0769. The third kappa shape index (κ3) is 2.66. The number of nitrogens with one attached hydrogen (secondary N) is 2. The molecule has 0 spiro atoms. The second-order valence-corrected chi connectivity index (χ2v) is 7.19. The Labute approximate surface area is 164 Å². The lowest BCUT2D eigenvalue weighted by atomic mass is 9.85. The molecule has 0 aliphatic rings. The van der Waals surface area contributed by atoms with Crippen LogP contribution in [-0.2, 0) is 0 Å². The van der Waals surface area contributed by atoms with Gasteiger partial charge < -0.3 is 9.97 Å². The van der Waals surface area contributed by atoms with Crippen molar-refractivity contribution in [1.29, 1.82) is 0 Å². The van der Waals surface area contributed by atoms with Crippen LogP contribution in [0, 0.1) is 0 Å². The van der Waals surface area contributed by atoms with Crippen molar-refractivity contribution in [2.24, 2.45) is 0 Å². The summed E-state index contributed by atoms with van der Waals surface area (Å²) in [4.78, 5) is 7.14. The molecule has 1 atom stereocenters. The van der Waals surface area contributed by atoms with E-state index in [-0.39, 0.29) is 5.92 Å². The number of rotatable bonds is 5. The zero-order valence-corrected chi connectivity index (χ0v) is 15.7. The summed E-state index contributed by atoms with van der Waals surface area (Å²) in [5, 5.41) is 2.55. The van der Waals surface area contributed by atoms with Gasteiger partial charge in [-0.05, 0) is 35.2 Å². The van der Waals surface area contributed by atoms with E-state index in [2.05, 4.69) is 102 Å². The van der Waals surface area contributed by atoms with Gasteiger partial charge in [0.05, 0.1) is 5.69 Å². The maximum atomic E-state index is 4.06. The van der Waals surface area contributed by atoms with Crippen LogP contribution in [-0.4, -0.2) is 9.97 Å². The quantitative estimate of drug-likeness (QED) is 0.315. The molecule has 0 amide bonds. The summed E-state index contributed by atoms with van der Waals surface area (Å²) >= 11 is 0. The SMILES string of the molecule is C=CCC(c1c[nH]c2ccccc12)c1c(-c2ccccc2)[nH]c2ccccc12. The Morgan fingerprint density at radius 1 is 0.786 bits per heavy atom. The van der Waals surface area contributed by atoms with Crippen molar-refractivity contribution in [2.75, 3.05) is 0 Å². The number of hydrogen-bond donors (Lipinski definition) is 2. The predicted molar refractivity (Wildman–Crippen MR) is 119 cm³/mol. The van der Waals surface area contributed by atoms with Gasteiger partial charge >= 0.3 is 0 Å². The summed E-state index contributed by atoms with van der Waals surface area (Å²) in [6, 6.07) is 27.7. The molecular formula is C26H22N2. The molecule has 3 aromatic carbocycles. The fourth-order valence-electron chi connectivity index (χ4n) is 4.31. The van der Waals surface area contributed by atoms with Gasteiger partial charge in [0.15, 0.2) is 0 Å². The van der Waals surface area contributed by atoms with Gasteiger partial charge in [-0.3, -0.25) is 0 Å². The smallest absolute Gasteiger partial charge is 0.0503 e. The number of hydrogen-bond acceptors (Lipinski definition) is 0. The van der Waals surface area contributed by atoms with E-state index in [0.29, 0.717) is 0 Å². The molecule has 0 saturated heterocycles. The second kappa shape index (κ2) is 6.90. The van der Waals surface area contributed by atoms with E-state index in [0.717, 1.165) is 6.42 Å². The third-order valence-corrected chi connectivity index (χ3v) is 5.56. The van der Waals surface area contributed by atoms with Crippen molar-refractivity contribution in [3.8, 4) is 11.3 Å². The zero-order valence-electron chi connectivity index (χ0n) is 15.7. The van der Waals surface area contributed by atoms with E-state index in [4.69, 9.17) is 0 Å². The zero-order chi connectivity index (χ0) is 18.9. The Hall–Kier alpha value is -3.52. The van der Waals surface area contributed by atoms with Crippen LogP contribution < -0.4 is 0 Å². The minimum atomic E-state index is 0.222. The molecule has 1 unspecified atom stereocenters. The molecule has 5 rings (SSSR count). The van der Waals surface area contributed by atoms with Crippen molar-refractivity contribution in [3.63, 3.8) is 0 Å². The Morgan fingerprint density at radius 3 is 2.25 bits per heavy atom. The Bertz CT molecular complexity index is 1260. The van der Waals surface area contributed by atoms with E-state index in [1.807, 2.05) is 6.08 Å². The first-order valence-corrected chi connectivity index (χ1v) is 9.69. The van der Waals surface area contributed by atoms with Crippen LogP contribution in [0.1, 0.15) is 23.5 Å². The molecule has 0 saturated carbocycles. The van der Waals surface area contributed by atoms with Gasteiger partial charge in [0.1, 0.15) is 0 Å². The van der Waals surface area contributed by atoms with Crippen LogP contribution in [0.15, 0.2) is 97.7 Å². The van der Waals surface area contributed by atoms with Gasteiger partial charge in [-0.15, -0.1) is 6.58 Å². The Morgan fingerprint density at radius 2 is 1.46 bits per heavy atom. The van der Waals surface area contributed by atoms with Gasteiger partial charge in [0.25, 0.3) is 0 Å². The van der Waals surface area contributed by atoms with Crippen molar-refractivity contribution >= 4 is 21.8 Å². The molecule has 0 aliphatic heterocycles. The highest BCUT2D eigenvalue weighted by atomic mass is 14.7. The van der Waals surface area contributed by atoms with Gasteiger partial charge in [-0.25, -0.2) is 0 Å². The standard InChI is InChI=1S/C26H22N2/c1-2-10-20(22-17-27-23-15-8-6-13-19(22)23)25-21-14-7-9-16-24(21)28-26(25)18-11-4-3-5-12-18/h2-9,11-17,20,27-28H,1,10H2. The molecule has 5 aromatic rings. The average Bonchev–Trinajstić information content (AvgIpc) is 3.35. The molecule has 0 aliphatic carbocycles. The average molecular weight is 362 g/mol. The maximum Gasteiger partial charge on any atom is 0.0503 e. The highest BCUT2D eigenvalue weighted by Gasteiger charge is 2.24. The first-order valence-electron chi connectivity index (χ1n) is 9.69. The Balaban J connectivity index is 1.81. The maximum absolute atomic E-state index is 4.06. The summed E-state index contributed by atoms with van der Waals surface area (Å²) < 4.78 is 0. The molecular weight excluding hydrogens is 340 g/mol. The van der Waals surface area contributed by atoms with E-state index in [1.165, 1.54) is 44.2 Å². The van der Waals surface area contributed by atoms with Crippen LogP contribution in [0.2, 0.25) is 0 Å². The normalized spacial score (nSPS) is 12.4. The molecule has 0 bridgehead atoms. The molecule has 0 fully saturated rings. The lowest BCUT2D eigenvalue weighted by Crippen LogP contribution is -2.01. The highest BCUT2D eigenvalue weighted by Crippen LogP contribution is 2.42. The second-order valence-electron chi connectivity index (χ2n) is 7.19. The minimum Gasteiger partial charge on any atom is -0.361 e. The van der Waals surface area contributed by atoms with Crippen molar-refractivity contribution in [3.05, 3.63) is 109 Å². The van der Waals surface area contributed by atoms with Crippen LogP contribution in [0.5, 0.6) is 0 Å². The number of H-pyrrole nitrogens is 2. The molecule has 136 valence electrons. The van der Waals surface area contributed by atoms with Gasteiger partial charge in [0.2, 0.25) is 0 Å². The first kappa shape index (κ1) is 16.6. The van der Waals surface area contributed by atoms with Crippen molar-refractivity contribution < 1.29 is 0 Å². The molecule has 2 heterocycles. The lowest BCUT2D eigenvalue weighted by molar-refractivity contribution is 0.848. The number of aromatic nitrogens is 2. The van der Waals surface area contributed by atoms with Crippen LogP contribution in [0.4, 0.5) is 0 Å². The van der Waals surface area contributed by atoms with E-state index < -0.39 is 0 Å². The molecule has 2 N–H and O–H groups in total. The fourth-order valence-corrected chi connectivity index (χ4v) is 4.31. The van der Waals surface area contributed by atoms with Crippen LogP contribution in [0.3, 0.4) is 0 Å². The molecule has 2 aromatic heterocycles. The van der Waals surface area contributed by atoms with E-state index in [1.54, 1.807) is 0 Å². The van der Waals surface area contributed by atoms with Crippen LogP contribution >= 0.6 is 0 Å². The highest BCUT2D eigenvalue weighted by molar-refractivity contribution is 5.93. The monoisotopic (exact) mass is 362 g/mol. The summed E-state index contributed by atoms with van der Waals surface area (Å²) in [6.45, 7) is 4.06. The largest absolute Gasteiger partial charge is 0.361 e. The molecule has 28 heavy (non-hydrogen) atoms. The summed E-state index contributed by atoms with van der Waals surface area (Å²) in [7, 11) is 0. The van der Waals surface area contributed by atoms with Gasteiger partial charge in [-0.2, -0.15) is 0 Å². The van der Waals surface area contributed by atoms with Crippen molar-refractivity contribution in [2.45, 2.75) is 12.3 Å². The molecule has 2 nitrogen and oxygen atoms in total. The van der Waals surface area contributed by atoms with Gasteiger partial charge in [-0.1, -0.05) is 72.8 Å². The summed E-state index contributed by atoms with van der Waals surface area (Å²) in [6.07, 6.45) is 5.07. The van der Waals surface area contributed by atoms with Crippen molar-refractivity contribution in [1.82, 2.24) is 9.97 Å². The summed E-state index contributed by atoms with van der Waals surface area (Å²) in [5.41, 5.74) is 7.41. The predicted octanol–water partition coefficient (Wildman–Crippen LogP) is 7.02. The van der Waals surface area contributed by atoms with E-state index in [9.17, 15) is 0 Å². The number of para-hydroxylation sites is 2. The number of benzene rings is 3. The first-order chi connectivity index (χ1) is 13.9. The third-order valence-electron chi connectivity index (χ3n) is 5.56. The van der Waals surface area contributed by atoms with Crippen LogP contribution in [0.25, 0.3) is 33.1 Å². The molecule has 2 heteroatoms. The van der Waals surface area contributed by atoms with E-state index >= 15 is 0 Å².